The minimum atomic E-state index is 0.193. The molecule has 0 heterocycles. The third kappa shape index (κ3) is 4.87. The quantitative estimate of drug-likeness (QED) is 0.835. The first-order chi connectivity index (χ1) is 8.88. The third-order valence-electron chi connectivity index (χ3n) is 3.53. The smallest absolute Gasteiger partial charge is 0.122 e. The number of hydrogen-bond acceptors (Lipinski definition) is 2. The number of aryl methyl sites for hydroxylation is 1. The van der Waals surface area contributed by atoms with Crippen LogP contribution >= 0.6 is 0 Å². The van der Waals surface area contributed by atoms with E-state index in [0.717, 1.165) is 18.8 Å². The van der Waals surface area contributed by atoms with Gasteiger partial charge in [0, 0.05) is 6.04 Å². The summed E-state index contributed by atoms with van der Waals surface area (Å²) in [4.78, 5) is 0. The fourth-order valence-electron chi connectivity index (χ4n) is 2.13. The Hall–Kier alpha value is -1.02. The van der Waals surface area contributed by atoms with Crippen molar-refractivity contribution in [2.24, 2.45) is 0 Å². The van der Waals surface area contributed by atoms with Crippen LogP contribution in [0.5, 0.6) is 5.75 Å². The lowest BCUT2D eigenvalue weighted by molar-refractivity contribution is 0.261. The van der Waals surface area contributed by atoms with Crippen LogP contribution in [0.4, 0.5) is 0 Å². The number of benzene rings is 1. The first-order valence-corrected chi connectivity index (χ1v) is 7.29. The monoisotopic (exact) mass is 263 g/mol. The van der Waals surface area contributed by atoms with E-state index in [1.54, 1.807) is 0 Å². The van der Waals surface area contributed by atoms with Crippen molar-refractivity contribution in [1.82, 2.24) is 5.32 Å². The van der Waals surface area contributed by atoms with Gasteiger partial charge < -0.3 is 10.1 Å². The Morgan fingerprint density at radius 3 is 2.42 bits per heavy atom. The summed E-state index contributed by atoms with van der Waals surface area (Å²) < 4.78 is 5.95. The molecule has 0 aliphatic heterocycles. The largest absolute Gasteiger partial charge is 0.492 e. The maximum atomic E-state index is 5.95. The second kappa shape index (κ2) is 6.95. The molecule has 0 bridgehead atoms. The van der Waals surface area contributed by atoms with Crippen molar-refractivity contribution >= 4 is 0 Å². The van der Waals surface area contributed by atoms with E-state index >= 15 is 0 Å². The van der Waals surface area contributed by atoms with Crippen molar-refractivity contribution in [3.05, 3.63) is 29.3 Å². The number of hydrogen-bond donors (Lipinski definition) is 1. The summed E-state index contributed by atoms with van der Waals surface area (Å²) in [6, 6.07) is 6.96. The highest BCUT2D eigenvalue weighted by atomic mass is 16.5. The zero-order chi connectivity index (χ0) is 14.5. The van der Waals surface area contributed by atoms with Gasteiger partial charge in [-0.15, -0.1) is 0 Å². The summed E-state index contributed by atoms with van der Waals surface area (Å²) in [5, 5.41) is 3.30. The summed E-state index contributed by atoms with van der Waals surface area (Å²) in [5.74, 6) is 1.00. The van der Waals surface area contributed by atoms with Crippen molar-refractivity contribution in [2.45, 2.75) is 58.9 Å². The fraction of sp³-hybridized carbons (Fsp3) is 0.647. The molecular weight excluding hydrogens is 234 g/mol. The SMILES string of the molecule is CCCC(COc1ccc(C(C)(C)C)cc1C)NC. The average Bonchev–Trinajstić information content (AvgIpc) is 2.34. The van der Waals surface area contributed by atoms with Gasteiger partial charge in [-0.25, -0.2) is 0 Å². The van der Waals surface area contributed by atoms with E-state index in [1.165, 1.54) is 17.5 Å². The van der Waals surface area contributed by atoms with Gasteiger partial charge >= 0.3 is 0 Å². The molecular formula is C17H29NO. The van der Waals surface area contributed by atoms with Crippen molar-refractivity contribution in [1.29, 1.82) is 0 Å². The average molecular weight is 263 g/mol. The topological polar surface area (TPSA) is 21.3 Å². The highest BCUT2D eigenvalue weighted by Crippen LogP contribution is 2.27. The lowest BCUT2D eigenvalue weighted by atomic mass is 9.86. The van der Waals surface area contributed by atoms with Crippen molar-refractivity contribution < 1.29 is 4.74 Å². The predicted molar refractivity (Wildman–Crippen MR) is 83.1 cm³/mol. The molecule has 1 N–H and O–H groups in total. The van der Waals surface area contributed by atoms with Gasteiger partial charge in [0.1, 0.15) is 12.4 Å². The van der Waals surface area contributed by atoms with E-state index in [-0.39, 0.29) is 5.41 Å². The van der Waals surface area contributed by atoms with Crippen LogP contribution in [0.15, 0.2) is 18.2 Å². The molecule has 0 saturated carbocycles. The molecule has 1 unspecified atom stereocenters. The summed E-state index contributed by atoms with van der Waals surface area (Å²) in [6.45, 7) is 11.8. The second-order valence-electron chi connectivity index (χ2n) is 6.32. The summed E-state index contributed by atoms with van der Waals surface area (Å²) in [5.41, 5.74) is 2.77. The number of rotatable bonds is 6. The lowest BCUT2D eigenvalue weighted by Crippen LogP contribution is -2.31. The van der Waals surface area contributed by atoms with Crippen LogP contribution < -0.4 is 10.1 Å². The molecule has 0 spiro atoms. The van der Waals surface area contributed by atoms with Crippen molar-refractivity contribution in [3.8, 4) is 5.75 Å². The van der Waals surface area contributed by atoms with E-state index < -0.39 is 0 Å². The Bertz CT molecular complexity index is 393. The number of ether oxygens (including phenoxy) is 1. The molecule has 1 aromatic rings. The lowest BCUT2D eigenvalue weighted by Gasteiger charge is -2.21. The third-order valence-corrected chi connectivity index (χ3v) is 3.53. The maximum Gasteiger partial charge on any atom is 0.122 e. The van der Waals surface area contributed by atoms with E-state index in [1.807, 2.05) is 7.05 Å². The molecule has 0 aliphatic rings. The van der Waals surface area contributed by atoms with Gasteiger partial charge in [0.05, 0.1) is 0 Å². The molecule has 19 heavy (non-hydrogen) atoms. The van der Waals surface area contributed by atoms with E-state index in [2.05, 4.69) is 58.1 Å². The maximum absolute atomic E-state index is 5.95. The zero-order valence-corrected chi connectivity index (χ0v) is 13.3. The molecule has 0 aromatic heterocycles. The minimum Gasteiger partial charge on any atom is -0.492 e. The van der Waals surface area contributed by atoms with E-state index in [9.17, 15) is 0 Å². The van der Waals surface area contributed by atoms with Crippen molar-refractivity contribution in [2.75, 3.05) is 13.7 Å². The zero-order valence-electron chi connectivity index (χ0n) is 13.3. The molecule has 0 amide bonds. The molecule has 0 aliphatic carbocycles. The Labute approximate surface area is 118 Å². The minimum absolute atomic E-state index is 0.193. The van der Waals surface area contributed by atoms with Gasteiger partial charge in [-0.1, -0.05) is 46.2 Å². The molecule has 108 valence electrons. The number of likely N-dealkylation sites (N-methyl/N-ethyl adjacent to an activating group) is 1. The van der Waals surface area contributed by atoms with Crippen molar-refractivity contribution in [3.63, 3.8) is 0 Å². The van der Waals surface area contributed by atoms with Crippen LogP contribution in [0.25, 0.3) is 0 Å². The Morgan fingerprint density at radius 1 is 1.26 bits per heavy atom. The summed E-state index contributed by atoms with van der Waals surface area (Å²) in [7, 11) is 2.00. The predicted octanol–water partition coefficient (Wildman–Crippen LogP) is 4.06. The van der Waals surface area contributed by atoms with E-state index in [4.69, 9.17) is 4.74 Å². The van der Waals surface area contributed by atoms with Gasteiger partial charge in [-0.3, -0.25) is 0 Å². The highest BCUT2D eigenvalue weighted by Gasteiger charge is 2.15. The molecule has 1 atom stereocenters. The van der Waals surface area contributed by atoms with Crippen LogP contribution in [0, 0.1) is 6.92 Å². The van der Waals surface area contributed by atoms with Crippen LogP contribution in [0.2, 0.25) is 0 Å². The Morgan fingerprint density at radius 2 is 1.95 bits per heavy atom. The molecule has 2 nitrogen and oxygen atoms in total. The van der Waals surface area contributed by atoms with Crippen LogP contribution in [0.3, 0.4) is 0 Å². The molecule has 1 aromatic carbocycles. The van der Waals surface area contributed by atoms with Crippen LogP contribution in [-0.4, -0.2) is 19.7 Å². The van der Waals surface area contributed by atoms with Gasteiger partial charge in [0.25, 0.3) is 0 Å². The highest BCUT2D eigenvalue weighted by molar-refractivity contribution is 5.38. The Kier molecular flexibility index (Phi) is 5.86. The number of nitrogens with one attached hydrogen (secondary N) is 1. The van der Waals surface area contributed by atoms with Gasteiger partial charge in [0.15, 0.2) is 0 Å². The Balaban J connectivity index is 2.70. The fourth-order valence-corrected chi connectivity index (χ4v) is 2.13. The molecule has 0 fully saturated rings. The van der Waals surface area contributed by atoms with Gasteiger partial charge in [0.2, 0.25) is 0 Å². The normalized spacial score (nSPS) is 13.4. The van der Waals surface area contributed by atoms with Gasteiger partial charge in [-0.2, -0.15) is 0 Å². The second-order valence-corrected chi connectivity index (χ2v) is 6.32. The molecule has 0 saturated heterocycles. The first-order valence-electron chi connectivity index (χ1n) is 7.29. The van der Waals surface area contributed by atoms with E-state index in [0.29, 0.717) is 6.04 Å². The molecule has 2 heteroatoms. The summed E-state index contributed by atoms with van der Waals surface area (Å²) in [6.07, 6.45) is 2.33. The molecule has 1 rings (SSSR count). The first kappa shape index (κ1) is 16.0. The molecule has 0 radical (unpaired) electrons. The van der Waals surface area contributed by atoms with Gasteiger partial charge in [-0.05, 0) is 43.0 Å². The summed E-state index contributed by atoms with van der Waals surface area (Å²) >= 11 is 0. The van der Waals surface area contributed by atoms with Crippen LogP contribution in [0.1, 0.15) is 51.7 Å². The standard InChI is InChI=1S/C17H29NO/c1-7-8-15(18-6)12-19-16-10-9-14(11-13(16)2)17(3,4)5/h9-11,15,18H,7-8,12H2,1-6H3. The van der Waals surface area contributed by atoms with Crippen LogP contribution in [-0.2, 0) is 5.41 Å².